The topological polar surface area (TPSA) is 66.5 Å². The van der Waals surface area contributed by atoms with Crippen molar-refractivity contribution in [2.24, 2.45) is 0 Å². The summed E-state index contributed by atoms with van der Waals surface area (Å²) in [5.74, 6) is 0.320. The Labute approximate surface area is 109 Å². The first-order chi connectivity index (χ1) is 8.48. The highest BCUT2D eigenvalue weighted by atomic mass is 32.2. The minimum Gasteiger partial charge on any atom is -0.335 e. The summed E-state index contributed by atoms with van der Waals surface area (Å²) >= 11 is 0. The molecule has 1 aliphatic carbocycles. The van der Waals surface area contributed by atoms with E-state index in [0.29, 0.717) is 6.42 Å². The number of rotatable bonds is 2. The first kappa shape index (κ1) is 13.6. The fourth-order valence-electron chi connectivity index (χ4n) is 2.77. The van der Waals surface area contributed by atoms with Crippen molar-refractivity contribution in [3.05, 3.63) is 0 Å². The Morgan fingerprint density at radius 2 is 1.83 bits per heavy atom. The normalized spacial score (nSPS) is 27.9. The summed E-state index contributed by atoms with van der Waals surface area (Å²) < 4.78 is 22.8. The van der Waals surface area contributed by atoms with Crippen molar-refractivity contribution < 1.29 is 13.2 Å². The molecule has 1 heterocycles. The second kappa shape index (κ2) is 5.47. The van der Waals surface area contributed by atoms with Crippen molar-refractivity contribution in [1.82, 2.24) is 10.2 Å². The number of nitrogens with one attached hydrogen (secondary N) is 1. The largest absolute Gasteiger partial charge is 0.335 e. The summed E-state index contributed by atoms with van der Waals surface area (Å²) in [4.78, 5) is 13.6. The SMILES string of the molecule is CN(C(=O)NC1CCCCC1)[C@@H]1CCS(=O)(=O)C1. The van der Waals surface area contributed by atoms with Gasteiger partial charge < -0.3 is 10.2 Å². The number of hydrogen-bond acceptors (Lipinski definition) is 3. The number of urea groups is 1. The van der Waals surface area contributed by atoms with Crippen LogP contribution in [0.25, 0.3) is 0 Å². The Hall–Kier alpha value is -0.780. The van der Waals surface area contributed by atoms with E-state index in [0.717, 1.165) is 12.8 Å². The van der Waals surface area contributed by atoms with E-state index >= 15 is 0 Å². The van der Waals surface area contributed by atoms with E-state index in [4.69, 9.17) is 0 Å². The Bertz CT molecular complexity index is 402. The van der Waals surface area contributed by atoms with Crippen LogP contribution in [0, 0.1) is 0 Å². The Kier molecular flexibility index (Phi) is 4.14. The first-order valence-corrected chi connectivity index (χ1v) is 8.54. The highest BCUT2D eigenvalue weighted by Crippen LogP contribution is 2.19. The lowest BCUT2D eigenvalue weighted by atomic mass is 9.96. The molecule has 1 saturated carbocycles. The van der Waals surface area contributed by atoms with Gasteiger partial charge in [-0.25, -0.2) is 13.2 Å². The average molecular weight is 274 g/mol. The molecule has 5 nitrogen and oxygen atoms in total. The van der Waals surface area contributed by atoms with Crippen LogP contribution in [0.15, 0.2) is 0 Å². The van der Waals surface area contributed by atoms with Crippen molar-refractivity contribution in [2.45, 2.75) is 50.6 Å². The van der Waals surface area contributed by atoms with Gasteiger partial charge in [0.15, 0.2) is 9.84 Å². The first-order valence-electron chi connectivity index (χ1n) is 6.72. The Morgan fingerprint density at radius 3 is 2.39 bits per heavy atom. The molecule has 1 aliphatic heterocycles. The number of carbonyl (C=O) groups excluding carboxylic acids is 1. The maximum Gasteiger partial charge on any atom is 0.317 e. The second-order valence-electron chi connectivity index (χ2n) is 5.45. The van der Waals surface area contributed by atoms with Crippen molar-refractivity contribution in [1.29, 1.82) is 0 Å². The fraction of sp³-hybridized carbons (Fsp3) is 0.917. The van der Waals surface area contributed by atoms with E-state index in [9.17, 15) is 13.2 Å². The zero-order valence-electron chi connectivity index (χ0n) is 10.9. The summed E-state index contributed by atoms with van der Waals surface area (Å²) in [6.45, 7) is 0. The molecule has 1 N–H and O–H groups in total. The zero-order chi connectivity index (χ0) is 13.2. The monoisotopic (exact) mass is 274 g/mol. The number of nitrogens with zero attached hydrogens (tertiary/aromatic N) is 1. The second-order valence-corrected chi connectivity index (χ2v) is 7.68. The summed E-state index contributed by atoms with van der Waals surface area (Å²) in [5.41, 5.74) is 0. The van der Waals surface area contributed by atoms with E-state index in [-0.39, 0.29) is 29.6 Å². The Morgan fingerprint density at radius 1 is 1.17 bits per heavy atom. The van der Waals surface area contributed by atoms with Gasteiger partial charge in [0.2, 0.25) is 0 Å². The molecule has 0 radical (unpaired) electrons. The third-order valence-electron chi connectivity index (χ3n) is 4.01. The number of hydrogen-bond donors (Lipinski definition) is 1. The molecule has 0 aromatic carbocycles. The maximum atomic E-state index is 12.0. The van der Waals surface area contributed by atoms with Crippen molar-refractivity contribution in [2.75, 3.05) is 18.6 Å². The minimum absolute atomic E-state index is 0.113. The van der Waals surface area contributed by atoms with Gasteiger partial charge in [-0.3, -0.25) is 0 Å². The molecule has 2 fully saturated rings. The van der Waals surface area contributed by atoms with Gasteiger partial charge in [-0.15, -0.1) is 0 Å². The standard InChI is InChI=1S/C12H22N2O3S/c1-14(11-7-8-18(16,17)9-11)12(15)13-10-5-3-2-4-6-10/h10-11H,2-9H2,1H3,(H,13,15)/t11-/m1/s1. The van der Waals surface area contributed by atoms with Crippen LogP contribution in [0.3, 0.4) is 0 Å². The lowest BCUT2D eigenvalue weighted by Gasteiger charge is -2.28. The van der Waals surface area contributed by atoms with E-state index in [1.807, 2.05) is 0 Å². The van der Waals surface area contributed by atoms with Gasteiger partial charge in [-0.05, 0) is 19.3 Å². The van der Waals surface area contributed by atoms with Gasteiger partial charge in [-0.2, -0.15) is 0 Å². The lowest BCUT2D eigenvalue weighted by molar-refractivity contribution is 0.187. The quantitative estimate of drug-likeness (QED) is 0.821. The van der Waals surface area contributed by atoms with Crippen LogP contribution in [0.1, 0.15) is 38.5 Å². The van der Waals surface area contributed by atoms with Crippen LogP contribution >= 0.6 is 0 Å². The van der Waals surface area contributed by atoms with Gasteiger partial charge in [0.1, 0.15) is 0 Å². The highest BCUT2D eigenvalue weighted by Gasteiger charge is 2.33. The molecule has 1 atom stereocenters. The number of carbonyl (C=O) groups is 1. The van der Waals surface area contributed by atoms with Gasteiger partial charge in [0.25, 0.3) is 0 Å². The van der Waals surface area contributed by atoms with Crippen molar-refractivity contribution in [3.63, 3.8) is 0 Å². The van der Waals surface area contributed by atoms with Crippen LogP contribution in [-0.4, -0.2) is 50.0 Å². The maximum absolute atomic E-state index is 12.0. The lowest BCUT2D eigenvalue weighted by Crippen LogP contribution is -2.48. The molecular formula is C12H22N2O3S. The van der Waals surface area contributed by atoms with Gasteiger partial charge >= 0.3 is 6.03 Å². The van der Waals surface area contributed by atoms with E-state index < -0.39 is 9.84 Å². The van der Waals surface area contributed by atoms with Crippen LogP contribution in [0.5, 0.6) is 0 Å². The van der Waals surface area contributed by atoms with E-state index in [1.165, 1.54) is 19.3 Å². The van der Waals surface area contributed by atoms with Gasteiger partial charge in [0.05, 0.1) is 11.5 Å². The van der Waals surface area contributed by atoms with Crippen LogP contribution in [-0.2, 0) is 9.84 Å². The van der Waals surface area contributed by atoms with Crippen molar-refractivity contribution in [3.8, 4) is 0 Å². The molecule has 0 spiro atoms. The molecule has 2 amide bonds. The highest BCUT2D eigenvalue weighted by molar-refractivity contribution is 7.91. The molecule has 0 unspecified atom stereocenters. The molecule has 0 aromatic heterocycles. The molecule has 0 bridgehead atoms. The molecule has 2 aliphatic rings. The molecule has 0 aromatic rings. The molecule has 104 valence electrons. The minimum atomic E-state index is -2.93. The molecule has 6 heteroatoms. The summed E-state index contributed by atoms with van der Waals surface area (Å²) in [5, 5.41) is 3.02. The smallest absolute Gasteiger partial charge is 0.317 e. The molecule has 2 rings (SSSR count). The molecular weight excluding hydrogens is 252 g/mol. The third kappa shape index (κ3) is 3.37. The van der Waals surface area contributed by atoms with Crippen molar-refractivity contribution >= 4 is 15.9 Å². The van der Waals surface area contributed by atoms with Gasteiger partial charge in [0, 0.05) is 19.1 Å². The van der Waals surface area contributed by atoms with Crippen LogP contribution in [0.2, 0.25) is 0 Å². The molecule has 1 saturated heterocycles. The summed E-state index contributed by atoms with van der Waals surface area (Å²) in [6.07, 6.45) is 6.25. The van der Waals surface area contributed by atoms with Gasteiger partial charge in [-0.1, -0.05) is 19.3 Å². The predicted octanol–water partition coefficient (Wildman–Crippen LogP) is 1.15. The number of sulfone groups is 1. The van der Waals surface area contributed by atoms with E-state index in [2.05, 4.69) is 5.32 Å². The number of amides is 2. The Balaban J connectivity index is 1.85. The third-order valence-corrected chi connectivity index (χ3v) is 5.76. The zero-order valence-corrected chi connectivity index (χ0v) is 11.7. The summed E-state index contributed by atoms with van der Waals surface area (Å²) in [6, 6.07) is -0.00528. The van der Waals surface area contributed by atoms with Crippen LogP contribution in [0.4, 0.5) is 4.79 Å². The fourth-order valence-corrected chi connectivity index (χ4v) is 4.54. The predicted molar refractivity (Wildman–Crippen MR) is 70.2 cm³/mol. The van der Waals surface area contributed by atoms with Crippen LogP contribution < -0.4 is 5.32 Å². The molecule has 18 heavy (non-hydrogen) atoms. The average Bonchev–Trinajstić information content (AvgIpc) is 2.70. The van der Waals surface area contributed by atoms with E-state index in [1.54, 1.807) is 11.9 Å². The summed E-state index contributed by atoms with van der Waals surface area (Å²) in [7, 11) is -1.23.